The summed E-state index contributed by atoms with van der Waals surface area (Å²) in [4.78, 5) is 13.9. The van der Waals surface area contributed by atoms with Gasteiger partial charge in [-0.25, -0.2) is 13.6 Å². The van der Waals surface area contributed by atoms with Crippen molar-refractivity contribution in [3.8, 4) is 5.75 Å². The van der Waals surface area contributed by atoms with E-state index in [1.165, 1.54) is 6.07 Å². The van der Waals surface area contributed by atoms with E-state index in [1.54, 1.807) is 13.0 Å². The summed E-state index contributed by atoms with van der Waals surface area (Å²) in [6.45, 7) is 1.69. The third-order valence-electron chi connectivity index (χ3n) is 2.15. The van der Waals surface area contributed by atoms with E-state index in [0.717, 1.165) is 0 Å². The number of nitro groups is 1. The first kappa shape index (κ1) is 16.3. The van der Waals surface area contributed by atoms with E-state index in [4.69, 9.17) is 14.6 Å². The lowest BCUT2D eigenvalue weighted by Gasteiger charge is -2.07. The number of sulfonamides is 1. The molecule has 10 heteroatoms. The van der Waals surface area contributed by atoms with Gasteiger partial charge in [0, 0.05) is 6.92 Å². The Bertz CT molecular complexity index is 574. The molecule has 20 heavy (non-hydrogen) atoms. The zero-order valence-corrected chi connectivity index (χ0v) is 11.6. The first-order valence-electron chi connectivity index (χ1n) is 5.62. The van der Waals surface area contributed by atoms with Crippen molar-refractivity contribution in [3.05, 3.63) is 27.9 Å². The Morgan fingerprint density at radius 1 is 1.35 bits per heavy atom. The van der Waals surface area contributed by atoms with Crippen LogP contribution in [0.25, 0.3) is 0 Å². The van der Waals surface area contributed by atoms with Crippen LogP contribution in [0.5, 0.6) is 5.75 Å². The minimum absolute atomic E-state index is 0.0376. The van der Waals surface area contributed by atoms with Crippen LogP contribution in [0.15, 0.2) is 12.1 Å². The van der Waals surface area contributed by atoms with Gasteiger partial charge in [-0.05, 0) is 22.0 Å². The molecule has 0 aliphatic carbocycles. The highest BCUT2D eigenvalue weighted by molar-refractivity contribution is 7.89. The lowest BCUT2D eigenvalue weighted by molar-refractivity contribution is -0.390. The van der Waals surface area contributed by atoms with Crippen molar-refractivity contribution in [2.45, 2.75) is 6.92 Å². The van der Waals surface area contributed by atoms with Crippen molar-refractivity contribution >= 4 is 15.8 Å². The van der Waals surface area contributed by atoms with Gasteiger partial charge in [-0.2, -0.15) is 0 Å². The molecule has 1 rings (SSSR count). The molecule has 1 aromatic rings. The van der Waals surface area contributed by atoms with Gasteiger partial charge in [-0.3, -0.25) is 0 Å². The lowest BCUT2D eigenvalue weighted by Crippen LogP contribution is -2.21. The molecule has 0 aliphatic heterocycles. The normalized spacial score (nSPS) is 11.3. The number of pyridine rings is 1. The smallest absolute Gasteiger partial charge is 0.406 e. The zero-order valence-electron chi connectivity index (χ0n) is 10.8. The highest BCUT2D eigenvalue weighted by Gasteiger charge is 2.17. The quantitative estimate of drug-likeness (QED) is 0.405. The Balaban J connectivity index is 2.41. The van der Waals surface area contributed by atoms with Gasteiger partial charge in [0.25, 0.3) is 0 Å². The molecule has 0 radical (unpaired) electrons. The number of nitrogens with two attached hydrogens (primary N) is 1. The fourth-order valence-corrected chi connectivity index (χ4v) is 1.61. The van der Waals surface area contributed by atoms with Crippen LogP contribution in [-0.4, -0.2) is 43.9 Å². The Hall–Kier alpha value is -1.78. The third kappa shape index (κ3) is 5.91. The first-order valence-corrected chi connectivity index (χ1v) is 7.34. The van der Waals surface area contributed by atoms with Gasteiger partial charge >= 0.3 is 5.82 Å². The van der Waals surface area contributed by atoms with Gasteiger partial charge in [-0.15, -0.1) is 0 Å². The van der Waals surface area contributed by atoms with E-state index in [1.807, 2.05) is 0 Å². The number of hydrogen-bond acceptors (Lipinski definition) is 7. The van der Waals surface area contributed by atoms with E-state index in [9.17, 15) is 18.5 Å². The van der Waals surface area contributed by atoms with E-state index >= 15 is 0 Å². The fraction of sp³-hybridized carbons (Fsp3) is 0.500. The summed E-state index contributed by atoms with van der Waals surface area (Å²) in [5.41, 5.74) is 0.508. The van der Waals surface area contributed by atoms with Crippen LogP contribution in [0.4, 0.5) is 5.82 Å². The average molecular weight is 305 g/mol. The summed E-state index contributed by atoms with van der Waals surface area (Å²) in [6, 6.07) is 3.04. The molecule has 9 nitrogen and oxygen atoms in total. The summed E-state index contributed by atoms with van der Waals surface area (Å²) < 4.78 is 31.4. The van der Waals surface area contributed by atoms with Crippen molar-refractivity contribution in [1.29, 1.82) is 0 Å². The largest absolute Gasteiger partial charge is 0.483 e. The molecule has 0 aromatic carbocycles. The van der Waals surface area contributed by atoms with E-state index in [2.05, 4.69) is 4.98 Å². The number of aryl methyl sites for hydroxylation is 1. The Morgan fingerprint density at radius 2 is 2.05 bits per heavy atom. The standard InChI is InChI=1S/C10H15N3O6S/c1-8-2-3-9(10(12-8)13(14)15)19-5-4-18-6-7-20(11,16)17/h2-3H,4-7H2,1H3,(H2,11,16,17). The van der Waals surface area contributed by atoms with E-state index in [0.29, 0.717) is 5.69 Å². The van der Waals surface area contributed by atoms with Crippen molar-refractivity contribution in [1.82, 2.24) is 4.98 Å². The van der Waals surface area contributed by atoms with Crippen LogP contribution in [0, 0.1) is 17.0 Å². The SMILES string of the molecule is Cc1ccc(OCCOCCS(N)(=O)=O)c([N+](=O)[O-])n1. The Labute approximate surface area is 115 Å². The van der Waals surface area contributed by atoms with Crippen LogP contribution in [0.1, 0.15) is 5.69 Å². The molecule has 0 fully saturated rings. The molecular weight excluding hydrogens is 290 g/mol. The molecule has 0 saturated carbocycles. The topological polar surface area (TPSA) is 135 Å². The fourth-order valence-electron chi connectivity index (χ4n) is 1.26. The van der Waals surface area contributed by atoms with Gasteiger partial charge in [0.05, 0.1) is 19.0 Å². The van der Waals surface area contributed by atoms with Crippen molar-refractivity contribution in [3.63, 3.8) is 0 Å². The Morgan fingerprint density at radius 3 is 2.65 bits per heavy atom. The minimum Gasteiger partial charge on any atom is -0.483 e. The molecule has 0 spiro atoms. The number of ether oxygens (including phenoxy) is 2. The highest BCUT2D eigenvalue weighted by atomic mass is 32.2. The summed E-state index contributed by atoms with van der Waals surface area (Å²) in [5.74, 6) is -0.621. The predicted octanol–water partition coefficient (Wildman–Crippen LogP) is -0.0179. The van der Waals surface area contributed by atoms with Gasteiger partial charge in [-0.1, -0.05) is 0 Å². The van der Waals surface area contributed by atoms with Crippen molar-refractivity contribution < 1.29 is 22.8 Å². The molecule has 112 valence electrons. The molecular formula is C10H15N3O6S. The summed E-state index contributed by atoms with van der Waals surface area (Å²) in [6.07, 6.45) is 0. The number of aromatic nitrogens is 1. The summed E-state index contributed by atoms with van der Waals surface area (Å²) >= 11 is 0. The average Bonchev–Trinajstić information content (AvgIpc) is 2.33. The maximum absolute atomic E-state index is 10.8. The van der Waals surface area contributed by atoms with Crippen LogP contribution < -0.4 is 9.88 Å². The second kappa shape index (κ2) is 7.12. The summed E-state index contributed by atoms with van der Waals surface area (Å²) in [7, 11) is -3.55. The zero-order chi connectivity index (χ0) is 15.2. The molecule has 2 N–H and O–H groups in total. The van der Waals surface area contributed by atoms with Crippen LogP contribution in [0.2, 0.25) is 0 Å². The number of hydrogen-bond donors (Lipinski definition) is 1. The molecule has 0 amide bonds. The van der Waals surface area contributed by atoms with Crippen LogP contribution >= 0.6 is 0 Å². The summed E-state index contributed by atoms with van der Waals surface area (Å²) in [5, 5.41) is 15.6. The second-order valence-electron chi connectivity index (χ2n) is 3.86. The van der Waals surface area contributed by atoms with Gasteiger partial charge < -0.3 is 19.6 Å². The monoisotopic (exact) mass is 305 g/mol. The first-order chi connectivity index (χ1) is 9.29. The lowest BCUT2D eigenvalue weighted by atomic mass is 10.3. The van der Waals surface area contributed by atoms with Gasteiger partial charge in [0.1, 0.15) is 12.3 Å². The van der Waals surface area contributed by atoms with E-state index < -0.39 is 14.9 Å². The van der Waals surface area contributed by atoms with Gasteiger partial charge in [0.2, 0.25) is 15.8 Å². The van der Waals surface area contributed by atoms with Crippen LogP contribution in [-0.2, 0) is 14.8 Å². The molecule has 0 unspecified atom stereocenters. The molecule has 0 atom stereocenters. The maximum Gasteiger partial charge on any atom is 0.406 e. The molecule has 0 saturated heterocycles. The highest BCUT2D eigenvalue weighted by Crippen LogP contribution is 2.24. The number of nitrogens with zero attached hydrogens (tertiary/aromatic N) is 2. The maximum atomic E-state index is 10.8. The minimum atomic E-state index is -3.55. The molecule has 1 aromatic heterocycles. The molecule has 0 aliphatic rings. The van der Waals surface area contributed by atoms with Crippen molar-refractivity contribution in [2.24, 2.45) is 5.14 Å². The molecule has 0 bridgehead atoms. The second-order valence-corrected chi connectivity index (χ2v) is 5.59. The molecule has 1 heterocycles. The number of rotatable bonds is 8. The van der Waals surface area contributed by atoms with Gasteiger partial charge in [0.15, 0.2) is 0 Å². The third-order valence-corrected chi connectivity index (χ3v) is 2.88. The number of primary sulfonamides is 1. The van der Waals surface area contributed by atoms with Crippen molar-refractivity contribution in [2.75, 3.05) is 25.6 Å². The predicted molar refractivity (Wildman–Crippen MR) is 69.9 cm³/mol. The Kier molecular flexibility index (Phi) is 5.80. The van der Waals surface area contributed by atoms with Crippen LogP contribution in [0.3, 0.4) is 0 Å². The van der Waals surface area contributed by atoms with E-state index in [-0.39, 0.29) is 37.1 Å².